The van der Waals surface area contributed by atoms with Crippen LogP contribution in [-0.4, -0.2) is 62.1 Å². The molecule has 0 bridgehead atoms. The van der Waals surface area contributed by atoms with Crippen molar-refractivity contribution in [2.45, 2.75) is 19.4 Å². The van der Waals surface area contributed by atoms with E-state index in [2.05, 4.69) is 0 Å². The van der Waals surface area contributed by atoms with Crippen molar-refractivity contribution in [3.8, 4) is 0 Å². The molecule has 0 atom stereocenters. The van der Waals surface area contributed by atoms with Crippen LogP contribution in [0.3, 0.4) is 0 Å². The lowest BCUT2D eigenvalue weighted by Crippen LogP contribution is -2.38. The Labute approximate surface area is 136 Å². The minimum atomic E-state index is -0.275. The van der Waals surface area contributed by atoms with Gasteiger partial charge in [0.2, 0.25) is 5.91 Å². The van der Waals surface area contributed by atoms with Crippen LogP contribution in [0.15, 0.2) is 18.2 Å². The standard InChI is InChI=1S/C17H23N3O3/c1-18(2)8-7-16(21)19-9-6-14-13(12-19)4-3-5-15(14)20-10-11-23-17(20)22/h3-5H,6-12H2,1-2H3. The Hall–Kier alpha value is -2.08. The highest BCUT2D eigenvalue weighted by molar-refractivity contribution is 5.90. The Morgan fingerprint density at radius 3 is 2.83 bits per heavy atom. The number of anilines is 1. The molecule has 2 heterocycles. The van der Waals surface area contributed by atoms with E-state index in [1.807, 2.05) is 42.1 Å². The number of carbonyl (C=O) groups excluding carboxylic acids is 2. The van der Waals surface area contributed by atoms with Crippen LogP contribution in [0.4, 0.5) is 10.5 Å². The average molecular weight is 317 g/mol. The van der Waals surface area contributed by atoms with Gasteiger partial charge in [-0.05, 0) is 37.7 Å². The van der Waals surface area contributed by atoms with Crippen LogP contribution in [-0.2, 0) is 22.5 Å². The van der Waals surface area contributed by atoms with Crippen molar-refractivity contribution in [3.63, 3.8) is 0 Å². The molecule has 1 fully saturated rings. The van der Waals surface area contributed by atoms with E-state index in [-0.39, 0.29) is 12.0 Å². The lowest BCUT2D eigenvalue weighted by molar-refractivity contribution is -0.132. The van der Waals surface area contributed by atoms with Crippen molar-refractivity contribution >= 4 is 17.7 Å². The fourth-order valence-electron chi connectivity index (χ4n) is 3.14. The maximum atomic E-state index is 12.3. The zero-order valence-electron chi connectivity index (χ0n) is 13.7. The molecule has 0 radical (unpaired) electrons. The smallest absolute Gasteiger partial charge is 0.414 e. The highest BCUT2D eigenvalue weighted by atomic mass is 16.6. The Morgan fingerprint density at radius 2 is 2.13 bits per heavy atom. The molecule has 2 amide bonds. The molecule has 124 valence electrons. The molecule has 1 saturated heterocycles. The predicted molar refractivity (Wildman–Crippen MR) is 87.4 cm³/mol. The summed E-state index contributed by atoms with van der Waals surface area (Å²) in [6.45, 7) is 3.14. The third-order valence-corrected chi connectivity index (χ3v) is 4.42. The first-order valence-corrected chi connectivity index (χ1v) is 8.04. The number of hydrogen-bond donors (Lipinski definition) is 0. The topological polar surface area (TPSA) is 53.1 Å². The van der Waals surface area contributed by atoms with Crippen LogP contribution in [0, 0.1) is 0 Å². The van der Waals surface area contributed by atoms with Crippen LogP contribution in [0.1, 0.15) is 17.5 Å². The molecule has 0 spiro atoms. The van der Waals surface area contributed by atoms with Crippen molar-refractivity contribution in [2.75, 3.05) is 45.2 Å². The first-order chi connectivity index (χ1) is 11.1. The molecule has 1 aromatic rings. The van der Waals surface area contributed by atoms with Gasteiger partial charge in [-0.15, -0.1) is 0 Å². The molecule has 2 aliphatic heterocycles. The van der Waals surface area contributed by atoms with Crippen LogP contribution >= 0.6 is 0 Å². The average Bonchev–Trinajstić information content (AvgIpc) is 2.97. The number of ether oxygens (including phenoxy) is 1. The van der Waals surface area contributed by atoms with E-state index in [4.69, 9.17) is 4.74 Å². The van der Waals surface area contributed by atoms with E-state index in [1.54, 1.807) is 4.90 Å². The second kappa shape index (κ2) is 6.58. The number of benzene rings is 1. The van der Waals surface area contributed by atoms with Gasteiger partial charge in [-0.3, -0.25) is 9.69 Å². The fraction of sp³-hybridized carbons (Fsp3) is 0.529. The molecule has 6 nitrogen and oxygen atoms in total. The largest absolute Gasteiger partial charge is 0.447 e. The molecule has 0 aromatic heterocycles. The highest BCUT2D eigenvalue weighted by Gasteiger charge is 2.29. The highest BCUT2D eigenvalue weighted by Crippen LogP contribution is 2.30. The van der Waals surface area contributed by atoms with Gasteiger partial charge in [-0.1, -0.05) is 12.1 Å². The Bertz CT molecular complexity index is 615. The summed E-state index contributed by atoms with van der Waals surface area (Å²) in [6, 6.07) is 5.97. The minimum absolute atomic E-state index is 0.190. The molecule has 6 heteroatoms. The summed E-state index contributed by atoms with van der Waals surface area (Å²) in [5, 5.41) is 0. The first-order valence-electron chi connectivity index (χ1n) is 8.04. The zero-order valence-corrected chi connectivity index (χ0v) is 13.7. The molecule has 23 heavy (non-hydrogen) atoms. The molecular formula is C17H23N3O3. The number of cyclic esters (lactones) is 1. The first kappa shape index (κ1) is 15.8. The summed E-state index contributed by atoms with van der Waals surface area (Å²) in [4.78, 5) is 29.8. The maximum Gasteiger partial charge on any atom is 0.414 e. The molecule has 0 saturated carbocycles. The summed E-state index contributed by atoms with van der Waals surface area (Å²) in [5.74, 6) is 0.190. The summed E-state index contributed by atoms with van der Waals surface area (Å²) in [6.07, 6.45) is 1.05. The third-order valence-electron chi connectivity index (χ3n) is 4.42. The molecule has 0 N–H and O–H groups in total. The van der Waals surface area contributed by atoms with Gasteiger partial charge in [0.1, 0.15) is 6.61 Å². The molecule has 2 aliphatic rings. The SMILES string of the molecule is CN(C)CCC(=O)N1CCc2c(cccc2N2CCOC2=O)C1. The molecule has 0 aliphatic carbocycles. The summed E-state index contributed by atoms with van der Waals surface area (Å²) < 4.78 is 5.04. The minimum Gasteiger partial charge on any atom is -0.447 e. The van der Waals surface area contributed by atoms with E-state index >= 15 is 0 Å². The lowest BCUT2D eigenvalue weighted by Gasteiger charge is -2.31. The van der Waals surface area contributed by atoms with Gasteiger partial charge in [0.15, 0.2) is 0 Å². The number of nitrogens with zero attached hydrogens (tertiary/aromatic N) is 3. The Morgan fingerprint density at radius 1 is 1.30 bits per heavy atom. The van der Waals surface area contributed by atoms with Gasteiger partial charge in [0, 0.05) is 26.1 Å². The molecule has 3 rings (SSSR count). The van der Waals surface area contributed by atoms with Crippen LogP contribution in [0.25, 0.3) is 0 Å². The number of rotatable bonds is 4. The zero-order chi connectivity index (χ0) is 16.4. The van der Waals surface area contributed by atoms with Gasteiger partial charge in [0.05, 0.1) is 12.2 Å². The van der Waals surface area contributed by atoms with Crippen molar-refractivity contribution in [1.82, 2.24) is 9.80 Å². The van der Waals surface area contributed by atoms with E-state index in [1.165, 1.54) is 5.56 Å². The molecular weight excluding hydrogens is 294 g/mol. The summed E-state index contributed by atoms with van der Waals surface area (Å²) in [7, 11) is 3.94. The predicted octanol–water partition coefficient (Wildman–Crippen LogP) is 1.48. The summed E-state index contributed by atoms with van der Waals surface area (Å²) in [5.41, 5.74) is 3.24. The van der Waals surface area contributed by atoms with Crippen molar-refractivity contribution in [2.24, 2.45) is 0 Å². The lowest BCUT2D eigenvalue weighted by atomic mass is 9.97. The van der Waals surface area contributed by atoms with Crippen molar-refractivity contribution in [1.29, 1.82) is 0 Å². The number of carbonyl (C=O) groups is 2. The number of hydrogen-bond acceptors (Lipinski definition) is 4. The Balaban J connectivity index is 1.75. The summed E-state index contributed by atoms with van der Waals surface area (Å²) >= 11 is 0. The third kappa shape index (κ3) is 3.32. The van der Waals surface area contributed by atoms with Crippen molar-refractivity contribution in [3.05, 3.63) is 29.3 Å². The number of amides is 2. The quantitative estimate of drug-likeness (QED) is 0.844. The van der Waals surface area contributed by atoms with Crippen LogP contribution in [0.2, 0.25) is 0 Å². The monoisotopic (exact) mass is 317 g/mol. The maximum absolute atomic E-state index is 12.3. The Kier molecular flexibility index (Phi) is 4.52. The normalized spacial score (nSPS) is 17.4. The second-order valence-electron chi connectivity index (χ2n) is 6.30. The van der Waals surface area contributed by atoms with E-state index in [9.17, 15) is 9.59 Å². The van der Waals surface area contributed by atoms with Gasteiger partial charge in [-0.25, -0.2) is 4.79 Å². The van der Waals surface area contributed by atoms with Crippen LogP contribution < -0.4 is 4.90 Å². The van der Waals surface area contributed by atoms with Gasteiger partial charge in [0.25, 0.3) is 0 Å². The van der Waals surface area contributed by atoms with Gasteiger partial charge >= 0.3 is 6.09 Å². The fourth-order valence-corrected chi connectivity index (χ4v) is 3.14. The van der Waals surface area contributed by atoms with E-state index < -0.39 is 0 Å². The van der Waals surface area contributed by atoms with Crippen molar-refractivity contribution < 1.29 is 14.3 Å². The van der Waals surface area contributed by atoms with Gasteiger partial charge in [-0.2, -0.15) is 0 Å². The van der Waals surface area contributed by atoms with Gasteiger partial charge < -0.3 is 14.5 Å². The van der Waals surface area contributed by atoms with E-state index in [0.717, 1.165) is 24.2 Å². The number of fused-ring (bicyclic) bond motifs is 1. The van der Waals surface area contributed by atoms with E-state index in [0.29, 0.717) is 32.7 Å². The second-order valence-corrected chi connectivity index (χ2v) is 6.30. The molecule has 0 unspecified atom stereocenters. The van der Waals surface area contributed by atoms with Crippen LogP contribution in [0.5, 0.6) is 0 Å². The molecule has 1 aromatic carbocycles.